The van der Waals surface area contributed by atoms with Crippen molar-refractivity contribution in [2.24, 2.45) is 4.99 Å². The van der Waals surface area contributed by atoms with Crippen molar-refractivity contribution in [3.8, 4) is 0 Å². The molecule has 140 valence electrons. The zero-order valence-electron chi connectivity index (χ0n) is 15.2. The minimum Gasteiger partial charge on any atom is -0.326 e. The van der Waals surface area contributed by atoms with E-state index in [9.17, 15) is 4.79 Å². The average molecular weight is 410 g/mol. The zero-order chi connectivity index (χ0) is 19.7. The highest BCUT2D eigenvalue weighted by Crippen LogP contribution is 2.31. The van der Waals surface area contributed by atoms with Crippen molar-refractivity contribution in [3.05, 3.63) is 87.0 Å². The third-order valence-electron chi connectivity index (χ3n) is 4.49. The van der Waals surface area contributed by atoms with Gasteiger partial charge in [0.15, 0.2) is 5.82 Å². The Bertz CT molecular complexity index is 1110. The monoisotopic (exact) mass is 409 g/mol. The lowest BCUT2D eigenvalue weighted by Gasteiger charge is -2.10. The lowest BCUT2D eigenvalue weighted by atomic mass is 10.0. The number of pyridine rings is 1. The largest absolute Gasteiger partial charge is 0.326 e. The highest BCUT2D eigenvalue weighted by molar-refractivity contribution is 6.34. The summed E-state index contributed by atoms with van der Waals surface area (Å²) in [7, 11) is 0. The number of nitrogens with one attached hydrogen (secondary N) is 1. The summed E-state index contributed by atoms with van der Waals surface area (Å²) in [5.41, 5.74) is 5.37. The molecule has 1 aliphatic rings. The standard InChI is InChI=1S/C22H17Cl2N3O/c1-13-7-15-10-20(27-22(15)25-12-13)18-11-17(5-6-19(18)24)26-21(28)9-14-3-2-4-16(23)8-14/h2-8,11-12H,9-10H2,1H3,(H,26,28). The van der Waals surface area contributed by atoms with Crippen LogP contribution in [-0.4, -0.2) is 16.6 Å². The quantitative estimate of drug-likeness (QED) is 0.613. The van der Waals surface area contributed by atoms with Gasteiger partial charge in [0.2, 0.25) is 5.91 Å². The maximum absolute atomic E-state index is 12.4. The minimum absolute atomic E-state index is 0.121. The van der Waals surface area contributed by atoms with Gasteiger partial charge in [-0.3, -0.25) is 4.79 Å². The number of anilines is 1. The molecule has 0 radical (unpaired) electrons. The highest BCUT2D eigenvalue weighted by atomic mass is 35.5. The molecule has 4 nitrogen and oxygen atoms in total. The van der Waals surface area contributed by atoms with Gasteiger partial charge in [0.1, 0.15) is 0 Å². The van der Waals surface area contributed by atoms with Crippen molar-refractivity contribution in [2.75, 3.05) is 5.32 Å². The van der Waals surface area contributed by atoms with E-state index in [1.54, 1.807) is 30.5 Å². The van der Waals surface area contributed by atoms with Crippen molar-refractivity contribution < 1.29 is 4.79 Å². The number of hydrogen-bond donors (Lipinski definition) is 1. The SMILES string of the molecule is Cc1cnc2c(c1)CC(c1cc(NC(=O)Cc3cccc(Cl)c3)ccc1Cl)=N2. The Labute approximate surface area is 173 Å². The van der Waals surface area contributed by atoms with E-state index in [0.717, 1.165) is 33.8 Å². The first-order chi connectivity index (χ1) is 13.5. The number of carbonyl (C=O) groups excluding carboxylic acids is 1. The van der Waals surface area contributed by atoms with E-state index in [1.165, 1.54) is 0 Å². The molecule has 0 aliphatic carbocycles. The van der Waals surface area contributed by atoms with Crippen molar-refractivity contribution >= 4 is 46.3 Å². The number of carbonyl (C=O) groups is 1. The summed E-state index contributed by atoms with van der Waals surface area (Å²) in [4.78, 5) is 21.4. The highest BCUT2D eigenvalue weighted by Gasteiger charge is 2.20. The summed E-state index contributed by atoms with van der Waals surface area (Å²) in [6.07, 6.45) is 2.72. The molecule has 0 fully saturated rings. The van der Waals surface area contributed by atoms with E-state index in [0.29, 0.717) is 22.2 Å². The van der Waals surface area contributed by atoms with Crippen LogP contribution < -0.4 is 5.32 Å². The molecule has 1 aromatic heterocycles. The molecule has 0 spiro atoms. The van der Waals surface area contributed by atoms with Crippen LogP contribution in [0.25, 0.3) is 0 Å². The van der Waals surface area contributed by atoms with Gasteiger partial charge in [0.25, 0.3) is 0 Å². The fourth-order valence-corrected chi connectivity index (χ4v) is 3.66. The van der Waals surface area contributed by atoms with Crippen LogP contribution in [-0.2, 0) is 17.6 Å². The van der Waals surface area contributed by atoms with Crippen molar-refractivity contribution in [1.82, 2.24) is 4.98 Å². The van der Waals surface area contributed by atoms with Gasteiger partial charge < -0.3 is 5.32 Å². The van der Waals surface area contributed by atoms with Gasteiger partial charge in [0, 0.05) is 39.5 Å². The maximum atomic E-state index is 12.4. The van der Waals surface area contributed by atoms with Gasteiger partial charge in [-0.15, -0.1) is 0 Å². The molecule has 28 heavy (non-hydrogen) atoms. The zero-order valence-corrected chi connectivity index (χ0v) is 16.7. The number of fused-ring (bicyclic) bond motifs is 1. The molecule has 0 saturated carbocycles. The first-order valence-electron chi connectivity index (χ1n) is 8.85. The molecule has 1 aliphatic heterocycles. The Morgan fingerprint density at radius 3 is 2.82 bits per heavy atom. The molecule has 3 aromatic rings. The van der Waals surface area contributed by atoms with Gasteiger partial charge in [-0.2, -0.15) is 0 Å². The van der Waals surface area contributed by atoms with Crippen LogP contribution in [0.3, 0.4) is 0 Å². The van der Waals surface area contributed by atoms with E-state index in [1.807, 2.05) is 25.1 Å². The number of aromatic nitrogens is 1. The molecule has 0 bridgehead atoms. The van der Waals surface area contributed by atoms with Crippen LogP contribution in [0.2, 0.25) is 10.0 Å². The summed E-state index contributed by atoms with van der Waals surface area (Å²) < 4.78 is 0. The number of aryl methyl sites for hydroxylation is 1. The summed E-state index contributed by atoms with van der Waals surface area (Å²) in [6.45, 7) is 2.01. The van der Waals surface area contributed by atoms with Gasteiger partial charge in [-0.05, 0) is 48.4 Å². The first kappa shape index (κ1) is 18.7. The van der Waals surface area contributed by atoms with Crippen LogP contribution >= 0.6 is 23.2 Å². The molecule has 1 N–H and O–H groups in total. The van der Waals surface area contributed by atoms with E-state index in [2.05, 4.69) is 21.4 Å². The summed E-state index contributed by atoms with van der Waals surface area (Å²) >= 11 is 12.4. The number of aliphatic imine (C=N–C) groups is 1. The number of amides is 1. The van der Waals surface area contributed by atoms with Crippen molar-refractivity contribution in [3.63, 3.8) is 0 Å². The lowest BCUT2D eigenvalue weighted by Crippen LogP contribution is -2.15. The Balaban J connectivity index is 1.52. The third kappa shape index (κ3) is 4.08. The minimum atomic E-state index is -0.121. The maximum Gasteiger partial charge on any atom is 0.228 e. The summed E-state index contributed by atoms with van der Waals surface area (Å²) in [5, 5.41) is 4.13. The average Bonchev–Trinajstić information content (AvgIpc) is 3.06. The first-order valence-corrected chi connectivity index (χ1v) is 9.61. The van der Waals surface area contributed by atoms with Gasteiger partial charge in [0.05, 0.1) is 12.1 Å². The molecule has 2 heterocycles. The second-order valence-electron chi connectivity index (χ2n) is 6.78. The fraction of sp³-hybridized carbons (Fsp3) is 0.136. The van der Waals surface area contributed by atoms with Gasteiger partial charge >= 0.3 is 0 Å². The third-order valence-corrected chi connectivity index (χ3v) is 5.06. The second-order valence-corrected chi connectivity index (χ2v) is 7.62. The van der Waals surface area contributed by atoms with Crippen LogP contribution in [0.5, 0.6) is 0 Å². The fourth-order valence-electron chi connectivity index (χ4n) is 3.22. The van der Waals surface area contributed by atoms with Crippen LogP contribution in [0, 0.1) is 6.92 Å². The van der Waals surface area contributed by atoms with E-state index < -0.39 is 0 Å². The van der Waals surface area contributed by atoms with Crippen LogP contribution in [0.4, 0.5) is 11.5 Å². The Morgan fingerprint density at radius 2 is 2.00 bits per heavy atom. The number of nitrogens with zero attached hydrogens (tertiary/aromatic N) is 2. The molecular formula is C22H17Cl2N3O. The Kier molecular flexibility index (Phi) is 5.16. The van der Waals surface area contributed by atoms with Crippen molar-refractivity contribution in [2.45, 2.75) is 19.8 Å². The van der Waals surface area contributed by atoms with Crippen LogP contribution in [0.15, 0.2) is 59.7 Å². The normalized spacial score (nSPS) is 12.5. The van der Waals surface area contributed by atoms with E-state index in [-0.39, 0.29) is 12.3 Å². The summed E-state index contributed by atoms with van der Waals surface area (Å²) in [5.74, 6) is 0.608. The number of rotatable bonds is 4. The van der Waals surface area contributed by atoms with E-state index in [4.69, 9.17) is 23.2 Å². The Hall–Kier alpha value is -2.69. The molecule has 2 aromatic carbocycles. The molecule has 1 amide bonds. The number of benzene rings is 2. The van der Waals surface area contributed by atoms with Crippen LogP contribution in [0.1, 0.15) is 22.3 Å². The molecule has 0 unspecified atom stereocenters. The molecule has 0 saturated heterocycles. The lowest BCUT2D eigenvalue weighted by molar-refractivity contribution is -0.115. The predicted octanol–water partition coefficient (Wildman–Crippen LogP) is 5.55. The summed E-state index contributed by atoms with van der Waals surface area (Å²) in [6, 6.07) is 14.8. The number of halogens is 2. The second kappa shape index (κ2) is 7.74. The molecule has 4 rings (SSSR count). The predicted molar refractivity (Wildman–Crippen MR) is 114 cm³/mol. The van der Waals surface area contributed by atoms with Gasteiger partial charge in [-0.25, -0.2) is 9.98 Å². The van der Waals surface area contributed by atoms with E-state index >= 15 is 0 Å². The van der Waals surface area contributed by atoms with Gasteiger partial charge in [-0.1, -0.05) is 41.4 Å². The molecule has 0 atom stereocenters. The molecule has 6 heteroatoms. The van der Waals surface area contributed by atoms with Crippen molar-refractivity contribution in [1.29, 1.82) is 0 Å². The Morgan fingerprint density at radius 1 is 1.14 bits per heavy atom. The smallest absolute Gasteiger partial charge is 0.228 e. The molecular weight excluding hydrogens is 393 g/mol. The number of hydrogen-bond acceptors (Lipinski definition) is 3. The topological polar surface area (TPSA) is 54.4 Å².